The molecule has 0 saturated heterocycles. The largest absolute Gasteiger partial charge is 0.476 e. The summed E-state index contributed by atoms with van der Waals surface area (Å²) in [4.78, 5) is 4.29. The summed E-state index contributed by atoms with van der Waals surface area (Å²) < 4.78 is 5.64. The Kier molecular flexibility index (Phi) is 2.91. The van der Waals surface area contributed by atoms with Crippen LogP contribution in [-0.2, 0) is 0 Å². The van der Waals surface area contributed by atoms with Gasteiger partial charge in [0.15, 0.2) is 0 Å². The lowest BCUT2D eigenvalue weighted by Gasteiger charge is -2.23. The van der Waals surface area contributed by atoms with Gasteiger partial charge in [0.2, 0.25) is 5.88 Å². The number of rotatable bonds is 3. The van der Waals surface area contributed by atoms with Gasteiger partial charge >= 0.3 is 0 Å². The number of ether oxygens (including phenoxy) is 1. The highest BCUT2D eigenvalue weighted by molar-refractivity contribution is 5.15. The van der Waals surface area contributed by atoms with E-state index in [4.69, 9.17) is 10.5 Å². The molecule has 0 spiro atoms. The molecule has 1 heterocycles. The summed E-state index contributed by atoms with van der Waals surface area (Å²) in [5.74, 6) is 0.687. The standard InChI is InChI=1S/C12H18N2O/c1-10-5-4-6-11(14-10)15-9-12(13)7-2-3-8-12/h4-6H,2-3,7-9,13H2,1H3. The molecule has 1 fully saturated rings. The first-order valence-corrected chi connectivity index (χ1v) is 5.53. The minimum absolute atomic E-state index is 0.120. The molecule has 1 aliphatic carbocycles. The molecule has 0 atom stereocenters. The monoisotopic (exact) mass is 206 g/mol. The van der Waals surface area contributed by atoms with Gasteiger partial charge in [-0.2, -0.15) is 0 Å². The van der Waals surface area contributed by atoms with Gasteiger partial charge in [-0.05, 0) is 25.8 Å². The van der Waals surface area contributed by atoms with Crippen LogP contribution in [-0.4, -0.2) is 17.1 Å². The van der Waals surface area contributed by atoms with E-state index >= 15 is 0 Å². The second-order valence-corrected chi connectivity index (χ2v) is 4.48. The Morgan fingerprint density at radius 1 is 1.40 bits per heavy atom. The molecule has 2 N–H and O–H groups in total. The van der Waals surface area contributed by atoms with Crippen LogP contribution in [0, 0.1) is 6.92 Å². The van der Waals surface area contributed by atoms with E-state index < -0.39 is 0 Å². The summed E-state index contributed by atoms with van der Waals surface area (Å²) in [5.41, 5.74) is 7.05. The maximum absolute atomic E-state index is 6.19. The molecule has 0 radical (unpaired) electrons. The number of aryl methyl sites for hydroxylation is 1. The fourth-order valence-electron chi connectivity index (χ4n) is 2.04. The van der Waals surface area contributed by atoms with Gasteiger partial charge in [0.25, 0.3) is 0 Å². The molecule has 0 bridgehead atoms. The van der Waals surface area contributed by atoms with Crippen LogP contribution in [0.3, 0.4) is 0 Å². The average Bonchev–Trinajstić information content (AvgIpc) is 2.63. The molecule has 15 heavy (non-hydrogen) atoms. The van der Waals surface area contributed by atoms with Crippen molar-refractivity contribution in [3.63, 3.8) is 0 Å². The van der Waals surface area contributed by atoms with Gasteiger partial charge in [0, 0.05) is 11.8 Å². The molecule has 3 nitrogen and oxygen atoms in total. The van der Waals surface area contributed by atoms with Crippen molar-refractivity contribution in [3.05, 3.63) is 23.9 Å². The first kappa shape index (κ1) is 10.4. The Balaban J connectivity index is 1.92. The topological polar surface area (TPSA) is 48.1 Å². The van der Waals surface area contributed by atoms with Crippen molar-refractivity contribution in [1.82, 2.24) is 4.98 Å². The molecule has 1 aromatic heterocycles. The number of nitrogens with zero attached hydrogens (tertiary/aromatic N) is 1. The number of aromatic nitrogens is 1. The summed E-state index contributed by atoms with van der Waals surface area (Å²) in [6, 6.07) is 5.79. The maximum atomic E-state index is 6.19. The Bertz CT molecular complexity index is 332. The zero-order valence-corrected chi connectivity index (χ0v) is 9.20. The van der Waals surface area contributed by atoms with Crippen molar-refractivity contribution in [3.8, 4) is 5.88 Å². The second-order valence-electron chi connectivity index (χ2n) is 4.48. The molecule has 0 aromatic carbocycles. The molecule has 3 heteroatoms. The van der Waals surface area contributed by atoms with Crippen LogP contribution < -0.4 is 10.5 Å². The minimum Gasteiger partial charge on any atom is -0.476 e. The minimum atomic E-state index is -0.120. The van der Waals surface area contributed by atoms with Crippen molar-refractivity contribution in [2.45, 2.75) is 38.1 Å². The Morgan fingerprint density at radius 3 is 2.80 bits per heavy atom. The van der Waals surface area contributed by atoms with Gasteiger partial charge in [0.1, 0.15) is 6.61 Å². The average molecular weight is 206 g/mol. The van der Waals surface area contributed by atoms with Gasteiger partial charge < -0.3 is 10.5 Å². The highest BCUT2D eigenvalue weighted by Gasteiger charge is 2.30. The Labute approximate surface area is 90.7 Å². The molecule has 0 amide bonds. The smallest absolute Gasteiger partial charge is 0.213 e. The summed E-state index contributed by atoms with van der Waals surface area (Å²) in [6.45, 7) is 2.55. The molecule has 0 unspecified atom stereocenters. The van der Waals surface area contributed by atoms with Crippen LogP contribution in [0.2, 0.25) is 0 Å². The summed E-state index contributed by atoms with van der Waals surface area (Å²) in [5, 5.41) is 0. The summed E-state index contributed by atoms with van der Waals surface area (Å²) in [7, 11) is 0. The van der Waals surface area contributed by atoms with Crippen LogP contribution >= 0.6 is 0 Å². The van der Waals surface area contributed by atoms with Crippen LogP contribution in [0.4, 0.5) is 0 Å². The number of pyridine rings is 1. The Hall–Kier alpha value is -1.09. The number of nitrogens with two attached hydrogens (primary N) is 1. The third-order valence-corrected chi connectivity index (χ3v) is 2.97. The normalized spacial score (nSPS) is 19.1. The van der Waals surface area contributed by atoms with Crippen LogP contribution in [0.25, 0.3) is 0 Å². The highest BCUT2D eigenvalue weighted by atomic mass is 16.5. The van der Waals surface area contributed by atoms with Crippen LogP contribution in [0.1, 0.15) is 31.4 Å². The summed E-state index contributed by atoms with van der Waals surface area (Å²) >= 11 is 0. The van der Waals surface area contributed by atoms with Crippen LogP contribution in [0.15, 0.2) is 18.2 Å². The van der Waals surface area contributed by atoms with Gasteiger partial charge in [-0.3, -0.25) is 0 Å². The zero-order valence-electron chi connectivity index (χ0n) is 9.20. The predicted octanol–water partition coefficient (Wildman–Crippen LogP) is 2.04. The molecule has 1 aromatic rings. The first-order valence-electron chi connectivity index (χ1n) is 5.53. The quantitative estimate of drug-likeness (QED) is 0.823. The summed E-state index contributed by atoms with van der Waals surface area (Å²) in [6.07, 6.45) is 4.58. The van der Waals surface area contributed by atoms with E-state index in [0.717, 1.165) is 18.5 Å². The third-order valence-electron chi connectivity index (χ3n) is 2.97. The molecular formula is C12H18N2O. The number of hydrogen-bond donors (Lipinski definition) is 1. The molecule has 2 rings (SSSR count). The first-order chi connectivity index (χ1) is 7.18. The lowest BCUT2D eigenvalue weighted by Crippen LogP contribution is -2.42. The second kappa shape index (κ2) is 4.19. The predicted molar refractivity (Wildman–Crippen MR) is 59.9 cm³/mol. The molecule has 82 valence electrons. The van der Waals surface area contributed by atoms with Crippen molar-refractivity contribution in [2.24, 2.45) is 5.73 Å². The van der Waals surface area contributed by atoms with E-state index in [1.165, 1.54) is 12.8 Å². The molecule has 1 saturated carbocycles. The molecule has 0 aliphatic heterocycles. The fraction of sp³-hybridized carbons (Fsp3) is 0.583. The number of hydrogen-bond acceptors (Lipinski definition) is 3. The lowest BCUT2D eigenvalue weighted by molar-refractivity contribution is 0.213. The maximum Gasteiger partial charge on any atom is 0.213 e. The lowest BCUT2D eigenvalue weighted by atomic mass is 10.0. The fourth-order valence-corrected chi connectivity index (χ4v) is 2.04. The van der Waals surface area contributed by atoms with Crippen molar-refractivity contribution in [1.29, 1.82) is 0 Å². The van der Waals surface area contributed by atoms with E-state index in [9.17, 15) is 0 Å². The molecular weight excluding hydrogens is 188 g/mol. The van der Waals surface area contributed by atoms with E-state index in [1.54, 1.807) is 0 Å². The van der Waals surface area contributed by atoms with Gasteiger partial charge in [-0.1, -0.05) is 18.9 Å². The Morgan fingerprint density at radius 2 is 2.13 bits per heavy atom. The van der Waals surface area contributed by atoms with Crippen molar-refractivity contribution in [2.75, 3.05) is 6.61 Å². The van der Waals surface area contributed by atoms with E-state index in [-0.39, 0.29) is 5.54 Å². The van der Waals surface area contributed by atoms with E-state index in [0.29, 0.717) is 12.5 Å². The van der Waals surface area contributed by atoms with Crippen molar-refractivity contribution >= 4 is 0 Å². The SMILES string of the molecule is Cc1cccc(OCC2(N)CCCC2)n1. The van der Waals surface area contributed by atoms with Crippen molar-refractivity contribution < 1.29 is 4.74 Å². The third kappa shape index (κ3) is 2.69. The van der Waals surface area contributed by atoms with E-state index in [2.05, 4.69) is 4.98 Å². The highest BCUT2D eigenvalue weighted by Crippen LogP contribution is 2.27. The van der Waals surface area contributed by atoms with E-state index in [1.807, 2.05) is 25.1 Å². The zero-order chi connectivity index (χ0) is 10.7. The van der Waals surface area contributed by atoms with Crippen LogP contribution in [0.5, 0.6) is 5.88 Å². The molecule has 1 aliphatic rings. The van der Waals surface area contributed by atoms with Gasteiger partial charge in [-0.15, -0.1) is 0 Å². The van der Waals surface area contributed by atoms with Gasteiger partial charge in [0.05, 0.1) is 5.54 Å². The van der Waals surface area contributed by atoms with Gasteiger partial charge in [-0.25, -0.2) is 4.98 Å².